The van der Waals surface area contributed by atoms with Crippen LogP contribution in [0.2, 0.25) is 0 Å². The van der Waals surface area contributed by atoms with Gasteiger partial charge in [0.1, 0.15) is 5.75 Å². The van der Waals surface area contributed by atoms with Gasteiger partial charge in [-0.3, -0.25) is 14.5 Å². The maximum atomic E-state index is 12.8. The number of rotatable bonds is 5. The normalized spacial score (nSPS) is 14.8. The second-order valence-electron chi connectivity index (χ2n) is 6.83. The van der Waals surface area contributed by atoms with E-state index in [1.807, 2.05) is 30.3 Å². The van der Waals surface area contributed by atoms with E-state index in [-0.39, 0.29) is 17.7 Å². The molecule has 0 aromatic heterocycles. The SMILES string of the molecule is O=C(Oc1ccc(/C=C2\SC(=O)N(Cc3ccccc3Br)C2=O)cc1)c1cccc(Br)c1. The number of hydrogen-bond donors (Lipinski definition) is 0. The van der Waals surface area contributed by atoms with E-state index in [1.54, 1.807) is 48.5 Å². The number of imide groups is 1. The summed E-state index contributed by atoms with van der Waals surface area (Å²) in [6, 6.07) is 21.2. The number of halogens is 2. The number of esters is 1. The van der Waals surface area contributed by atoms with Gasteiger partial charge in [-0.1, -0.05) is 68.3 Å². The summed E-state index contributed by atoms with van der Waals surface area (Å²) >= 11 is 7.68. The molecule has 2 amide bonds. The highest BCUT2D eigenvalue weighted by Gasteiger charge is 2.35. The molecular weight excluding hydrogens is 558 g/mol. The van der Waals surface area contributed by atoms with Gasteiger partial charge < -0.3 is 4.74 Å². The van der Waals surface area contributed by atoms with Crippen molar-refractivity contribution in [2.24, 2.45) is 0 Å². The average molecular weight is 573 g/mol. The number of thioether (sulfide) groups is 1. The van der Waals surface area contributed by atoms with Crippen LogP contribution in [-0.4, -0.2) is 22.0 Å². The second kappa shape index (κ2) is 9.85. The molecule has 0 bridgehead atoms. The molecule has 4 rings (SSSR count). The van der Waals surface area contributed by atoms with Gasteiger partial charge in [-0.15, -0.1) is 0 Å². The molecule has 0 spiro atoms. The molecule has 1 fully saturated rings. The Morgan fingerprint density at radius 3 is 2.44 bits per heavy atom. The summed E-state index contributed by atoms with van der Waals surface area (Å²) in [5, 5.41) is -0.309. The highest BCUT2D eigenvalue weighted by Crippen LogP contribution is 2.34. The Morgan fingerprint density at radius 1 is 0.969 bits per heavy atom. The van der Waals surface area contributed by atoms with E-state index in [2.05, 4.69) is 31.9 Å². The minimum atomic E-state index is -0.466. The molecule has 1 heterocycles. The molecule has 0 saturated carbocycles. The Bertz CT molecular complexity index is 1240. The van der Waals surface area contributed by atoms with Gasteiger partial charge in [0.2, 0.25) is 0 Å². The number of carbonyl (C=O) groups is 3. The van der Waals surface area contributed by atoms with Gasteiger partial charge >= 0.3 is 5.97 Å². The van der Waals surface area contributed by atoms with Crippen LogP contribution in [0.25, 0.3) is 6.08 Å². The van der Waals surface area contributed by atoms with Crippen LogP contribution >= 0.6 is 43.6 Å². The van der Waals surface area contributed by atoms with E-state index < -0.39 is 5.97 Å². The Labute approximate surface area is 205 Å². The fourth-order valence-electron chi connectivity index (χ4n) is 3.00. The summed E-state index contributed by atoms with van der Waals surface area (Å²) in [5.74, 6) is -0.415. The van der Waals surface area contributed by atoms with Gasteiger partial charge in [0.05, 0.1) is 17.0 Å². The third kappa shape index (κ3) is 5.20. The van der Waals surface area contributed by atoms with Crippen molar-refractivity contribution >= 4 is 66.8 Å². The van der Waals surface area contributed by atoms with Crippen molar-refractivity contribution in [3.63, 3.8) is 0 Å². The fraction of sp³-hybridized carbons (Fsp3) is 0.0417. The lowest BCUT2D eigenvalue weighted by atomic mass is 10.2. The lowest BCUT2D eigenvalue weighted by molar-refractivity contribution is -0.123. The first-order valence-corrected chi connectivity index (χ1v) is 11.9. The number of benzene rings is 3. The van der Waals surface area contributed by atoms with Crippen LogP contribution in [0.5, 0.6) is 5.75 Å². The van der Waals surface area contributed by atoms with E-state index in [4.69, 9.17) is 4.74 Å². The van der Waals surface area contributed by atoms with Crippen molar-refractivity contribution in [2.75, 3.05) is 0 Å². The van der Waals surface area contributed by atoms with Crippen LogP contribution in [0.15, 0.2) is 86.6 Å². The molecule has 0 aliphatic carbocycles. The predicted octanol–water partition coefficient (Wildman–Crippen LogP) is 6.67. The summed E-state index contributed by atoms with van der Waals surface area (Å²) < 4.78 is 7.03. The summed E-state index contributed by atoms with van der Waals surface area (Å²) in [5.41, 5.74) is 2.01. The van der Waals surface area contributed by atoms with Gasteiger partial charge in [0.15, 0.2) is 0 Å². The predicted molar refractivity (Wildman–Crippen MR) is 131 cm³/mol. The maximum Gasteiger partial charge on any atom is 0.343 e. The van der Waals surface area contributed by atoms with Crippen molar-refractivity contribution in [3.05, 3.63) is 103 Å². The molecule has 0 N–H and O–H groups in total. The van der Waals surface area contributed by atoms with Crippen LogP contribution < -0.4 is 4.74 Å². The Balaban J connectivity index is 1.45. The lowest BCUT2D eigenvalue weighted by Gasteiger charge is -2.13. The van der Waals surface area contributed by atoms with Crippen molar-refractivity contribution in [1.29, 1.82) is 0 Å². The molecular formula is C24H15Br2NO4S. The Morgan fingerprint density at radius 2 is 1.72 bits per heavy atom. The molecule has 3 aromatic rings. The molecule has 32 heavy (non-hydrogen) atoms. The van der Waals surface area contributed by atoms with Crippen LogP contribution in [0.4, 0.5) is 4.79 Å². The van der Waals surface area contributed by atoms with Crippen molar-refractivity contribution in [3.8, 4) is 5.75 Å². The summed E-state index contributed by atoms with van der Waals surface area (Å²) in [6.45, 7) is 0.202. The quantitative estimate of drug-likeness (QED) is 0.194. The fourth-order valence-corrected chi connectivity index (χ4v) is 4.65. The summed E-state index contributed by atoms with van der Waals surface area (Å²) in [6.07, 6.45) is 1.66. The van der Waals surface area contributed by atoms with E-state index in [1.165, 1.54) is 4.90 Å². The first-order valence-electron chi connectivity index (χ1n) is 9.47. The third-order valence-electron chi connectivity index (χ3n) is 4.61. The number of carbonyl (C=O) groups excluding carboxylic acids is 3. The molecule has 1 aliphatic rings. The van der Waals surface area contributed by atoms with Gasteiger partial charge in [0, 0.05) is 8.95 Å². The van der Waals surface area contributed by atoms with Crippen LogP contribution in [0.3, 0.4) is 0 Å². The smallest absolute Gasteiger partial charge is 0.343 e. The monoisotopic (exact) mass is 571 g/mol. The van der Waals surface area contributed by atoms with E-state index >= 15 is 0 Å². The largest absolute Gasteiger partial charge is 0.423 e. The first-order chi connectivity index (χ1) is 15.4. The highest BCUT2D eigenvalue weighted by atomic mass is 79.9. The van der Waals surface area contributed by atoms with E-state index in [9.17, 15) is 14.4 Å². The minimum absolute atomic E-state index is 0.202. The molecule has 5 nitrogen and oxygen atoms in total. The first kappa shape index (κ1) is 22.5. The highest BCUT2D eigenvalue weighted by molar-refractivity contribution is 9.10. The Kier molecular flexibility index (Phi) is 6.93. The topological polar surface area (TPSA) is 63.7 Å². The van der Waals surface area contributed by atoms with Gasteiger partial charge in [-0.25, -0.2) is 4.79 Å². The lowest BCUT2D eigenvalue weighted by Crippen LogP contribution is -2.27. The van der Waals surface area contributed by atoms with Crippen molar-refractivity contribution < 1.29 is 19.1 Å². The molecule has 0 radical (unpaired) electrons. The molecule has 8 heteroatoms. The molecule has 0 unspecified atom stereocenters. The van der Waals surface area contributed by atoms with E-state index in [0.29, 0.717) is 16.2 Å². The maximum absolute atomic E-state index is 12.8. The molecule has 0 atom stereocenters. The standard InChI is InChI=1S/C24H15Br2NO4S/c25-18-6-3-5-16(13-18)23(29)31-19-10-8-15(9-11-19)12-21-22(28)27(24(30)32-21)14-17-4-1-2-7-20(17)26/h1-13H,14H2/b21-12-. The minimum Gasteiger partial charge on any atom is -0.423 e. The summed E-state index contributed by atoms with van der Waals surface area (Å²) in [4.78, 5) is 39.0. The second-order valence-corrected chi connectivity index (χ2v) is 9.59. The van der Waals surface area contributed by atoms with Gasteiger partial charge in [-0.2, -0.15) is 0 Å². The number of amides is 2. The van der Waals surface area contributed by atoms with Gasteiger partial charge in [0.25, 0.3) is 11.1 Å². The molecule has 3 aromatic carbocycles. The van der Waals surface area contributed by atoms with Crippen molar-refractivity contribution in [1.82, 2.24) is 4.90 Å². The zero-order chi connectivity index (χ0) is 22.7. The zero-order valence-corrected chi connectivity index (χ0v) is 20.4. The Hall–Kier alpha value is -2.68. The number of hydrogen-bond acceptors (Lipinski definition) is 5. The van der Waals surface area contributed by atoms with Crippen molar-refractivity contribution in [2.45, 2.75) is 6.54 Å². The van der Waals surface area contributed by atoms with Crippen LogP contribution in [0, 0.1) is 0 Å². The zero-order valence-electron chi connectivity index (χ0n) is 16.5. The molecule has 1 saturated heterocycles. The van der Waals surface area contributed by atoms with Crippen LogP contribution in [0.1, 0.15) is 21.5 Å². The van der Waals surface area contributed by atoms with Crippen LogP contribution in [-0.2, 0) is 11.3 Å². The summed E-state index contributed by atoms with van der Waals surface area (Å²) in [7, 11) is 0. The molecule has 1 aliphatic heterocycles. The molecule has 160 valence electrons. The number of ether oxygens (including phenoxy) is 1. The average Bonchev–Trinajstić information content (AvgIpc) is 3.04. The van der Waals surface area contributed by atoms with Gasteiger partial charge in [-0.05, 0) is 65.4 Å². The van der Waals surface area contributed by atoms with E-state index in [0.717, 1.165) is 31.8 Å². The number of nitrogens with zero attached hydrogens (tertiary/aromatic N) is 1. The third-order valence-corrected chi connectivity index (χ3v) is 6.78.